The zero-order valence-corrected chi connectivity index (χ0v) is 28.2. The number of amides is 2. The van der Waals surface area contributed by atoms with Gasteiger partial charge < -0.3 is 15.3 Å². The van der Waals surface area contributed by atoms with E-state index in [4.69, 9.17) is 11.6 Å². The van der Waals surface area contributed by atoms with Crippen molar-refractivity contribution in [2.24, 2.45) is 35.0 Å². The summed E-state index contributed by atoms with van der Waals surface area (Å²) in [5.74, 6) is -0.759. The summed E-state index contributed by atoms with van der Waals surface area (Å²) >= 11 is 9.28. The van der Waals surface area contributed by atoms with Crippen LogP contribution < -0.4 is 5.32 Å². The fraction of sp³-hybridized carbons (Fsp3) is 0.879. The molecule has 0 spiro atoms. The van der Waals surface area contributed by atoms with Crippen molar-refractivity contribution in [1.29, 1.82) is 0 Å². The summed E-state index contributed by atoms with van der Waals surface area (Å²) in [5, 5.41) is 12.3. The maximum absolute atomic E-state index is 14.7. The molecule has 0 aromatic carbocycles. The average molecular weight is 741 g/mol. The van der Waals surface area contributed by atoms with Gasteiger partial charge in [0.25, 0.3) is 0 Å². The van der Waals surface area contributed by atoms with Crippen molar-refractivity contribution < 1.29 is 27.9 Å². The number of allylic oxidation sites excluding steroid dienone is 2. The summed E-state index contributed by atoms with van der Waals surface area (Å²) in [4.78, 5) is 31.4. The van der Waals surface area contributed by atoms with Crippen LogP contribution >= 0.6 is 34.2 Å². The average Bonchev–Trinajstić information content (AvgIpc) is 3.00. The van der Waals surface area contributed by atoms with E-state index in [-0.39, 0.29) is 47.5 Å². The molecule has 1 heterocycles. The monoisotopic (exact) mass is 740 g/mol. The quantitative estimate of drug-likeness (QED) is 0.196. The number of hydrogen-bond donors (Lipinski definition) is 2. The normalized spacial score (nSPS) is 37.7. The summed E-state index contributed by atoms with van der Waals surface area (Å²) in [6.07, 6.45) is 10.0. The minimum absolute atomic E-state index is 0.00881. The van der Waals surface area contributed by atoms with Crippen molar-refractivity contribution in [2.45, 2.75) is 127 Å². The molecule has 0 radical (unpaired) electrons. The number of fused-ring (bicyclic) bond motifs is 1. The molecule has 2 N–H and O–H groups in total. The number of carbonyl (C=O) groups excluding carboxylic acids is 2. The number of nitrogens with one attached hydrogen (secondary N) is 1. The molecule has 4 fully saturated rings. The van der Waals surface area contributed by atoms with Crippen LogP contribution in [-0.2, 0) is 9.59 Å². The number of rotatable bonds is 8. The van der Waals surface area contributed by atoms with Crippen LogP contribution in [0.2, 0.25) is 0 Å². The Morgan fingerprint density at radius 3 is 2.33 bits per heavy atom. The molecule has 43 heavy (non-hydrogen) atoms. The van der Waals surface area contributed by atoms with Gasteiger partial charge in [0.2, 0.25) is 11.8 Å². The first kappa shape index (κ1) is 33.8. The first-order valence-electron chi connectivity index (χ1n) is 16.8. The van der Waals surface area contributed by atoms with E-state index < -0.39 is 30.1 Å². The first-order chi connectivity index (χ1) is 20.5. The van der Waals surface area contributed by atoms with E-state index in [1.165, 1.54) is 9.15 Å². The lowest BCUT2D eigenvalue weighted by atomic mass is 9.51. The van der Waals surface area contributed by atoms with Crippen LogP contribution in [0.15, 0.2) is 9.15 Å². The number of aliphatic hydroxyl groups excluding tert-OH is 1. The molecule has 0 aromatic heterocycles. The van der Waals surface area contributed by atoms with Crippen LogP contribution in [0.4, 0.5) is 13.2 Å². The summed E-state index contributed by atoms with van der Waals surface area (Å²) in [6.45, 7) is -0.764. The molecule has 0 bridgehead atoms. The Morgan fingerprint density at radius 2 is 1.65 bits per heavy atom. The second kappa shape index (κ2) is 14.5. The number of carbonyl (C=O) groups is 2. The largest absolute Gasteiger partial charge is 0.405 e. The van der Waals surface area contributed by atoms with E-state index in [1.807, 2.05) is 4.90 Å². The second-order valence-corrected chi connectivity index (χ2v) is 16.1. The van der Waals surface area contributed by atoms with Gasteiger partial charge in [0.05, 0.1) is 5.41 Å². The number of piperidine rings is 1. The van der Waals surface area contributed by atoms with Gasteiger partial charge in [0, 0.05) is 30.5 Å². The van der Waals surface area contributed by atoms with Gasteiger partial charge in [-0.3, -0.25) is 9.59 Å². The third kappa shape index (κ3) is 7.39. The molecule has 4 unspecified atom stereocenters. The molecular weight excluding hydrogens is 692 g/mol. The second-order valence-electron chi connectivity index (χ2n) is 14.2. The van der Waals surface area contributed by atoms with E-state index in [9.17, 15) is 27.9 Å². The van der Waals surface area contributed by atoms with Gasteiger partial charge in [-0.05, 0) is 133 Å². The zero-order valence-electron chi connectivity index (χ0n) is 25.3. The van der Waals surface area contributed by atoms with Crippen molar-refractivity contribution in [3.8, 4) is 0 Å². The predicted molar refractivity (Wildman–Crippen MR) is 171 cm³/mol. The van der Waals surface area contributed by atoms with Gasteiger partial charge in [0.1, 0.15) is 6.54 Å². The van der Waals surface area contributed by atoms with E-state index in [1.54, 1.807) is 0 Å². The van der Waals surface area contributed by atoms with Gasteiger partial charge in [-0.2, -0.15) is 13.2 Å². The van der Waals surface area contributed by atoms with Crippen molar-refractivity contribution in [3.63, 3.8) is 0 Å². The van der Waals surface area contributed by atoms with Crippen molar-refractivity contribution in [3.05, 3.63) is 9.15 Å². The Labute approximate surface area is 273 Å². The number of likely N-dealkylation sites (tertiary alicyclic amines) is 1. The number of alkyl halides is 4. The Bertz CT molecular complexity index is 1030. The molecule has 3 saturated carbocycles. The lowest BCUT2D eigenvalue weighted by molar-refractivity contribution is -0.181. The van der Waals surface area contributed by atoms with E-state index in [2.05, 4.69) is 27.9 Å². The molecule has 5 aliphatic rings. The Kier molecular flexibility index (Phi) is 11.4. The van der Waals surface area contributed by atoms with Crippen molar-refractivity contribution in [1.82, 2.24) is 10.2 Å². The molecule has 1 aliphatic heterocycles. The fourth-order valence-corrected chi connectivity index (χ4v) is 10.7. The topological polar surface area (TPSA) is 69.6 Å². The maximum atomic E-state index is 14.7. The van der Waals surface area contributed by atoms with Crippen LogP contribution in [0.25, 0.3) is 0 Å². The van der Waals surface area contributed by atoms with Crippen LogP contribution in [0.1, 0.15) is 109 Å². The summed E-state index contributed by atoms with van der Waals surface area (Å²) in [7, 11) is 0. The van der Waals surface area contributed by atoms with Crippen molar-refractivity contribution >= 4 is 46.0 Å². The summed E-state index contributed by atoms with van der Waals surface area (Å²) in [5.41, 5.74) is 0.0788. The summed E-state index contributed by atoms with van der Waals surface area (Å²) in [6, 6.07) is -0.475. The van der Waals surface area contributed by atoms with E-state index >= 15 is 0 Å². The minimum Gasteiger partial charge on any atom is -0.396 e. The number of nitrogens with zero attached hydrogens (tertiary/aromatic N) is 1. The molecule has 10 heteroatoms. The zero-order chi connectivity index (χ0) is 30.8. The Morgan fingerprint density at radius 1 is 0.977 bits per heavy atom. The van der Waals surface area contributed by atoms with Crippen LogP contribution in [0.5, 0.6) is 0 Å². The molecule has 4 aliphatic carbocycles. The van der Waals surface area contributed by atoms with Gasteiger partial charge in [-0.1, -0.05) is 31.3 Å². The fourth-order valence-electron chi connectivity index (χ4n) is 9.51. The SMILES string of the molecule is O=C1C2CCCCC2[C@](CC2=C(I)CCCC2)(C(=O)NCC(F)(F)F)[C@H](C2CCC(CO)CC2)N1CC1CCCCC1Cl. The lowest BCUT2D eigenvalue weighted by Crippen LogP contribution is -2.71. The molecule has 5 nitrogen and oxygen atoms in total. The standard InChI is InChI=1S/C33H49ClF3IN2O3/c34-27-11-5-1-8-24(27)18-40-29(22-15-13-21(19-41)14-16-22)32(31(43)39-20-33(35,36)37,17-23-7-2-6-12-28(23)38)26-10-4-3-9-25(26)30(40)42/h21-22,24-27,29,41H,1-20H2,(H,39,43)/t21?,22?,24?,25?,26?,27?,29-,32-/m0/s1. The van der Waals surface area contributed by atoms with Crippen LogP contribution in [0.3, 0.4) is 0 Å². The minimum atomic E-state index is -4.52. The molecule has 2 amide bonds. The maximum Gasteiger partial charge on any atom is 0.405 e. The summed E-state index contributed by atoms with van der Waals surface area (Å²) < 4.78 is 42.2. The predicted octanol–water partition coefficient (Wildman–Crippen LogP) is 7.92. The number of aliphatic hydroxyl groups is 1. The van der Waals surface area contributed by atoms with E-state index in [0.717, 1.165) is 89.9 Å². The van der Waals surface area contributed by atoms with Gasteiger partial charge in [0.15, 0.2) is 0 Å². The lowest BCUT2D eigenvalue weighted by Gasteiger charge is -2.60. The highest BCUT2D eigenvalue weighted by atomic mass is 127. The highest BCUT2D eigenvalue weighted by Gasteiger charge is 2.64. The highest BCUT2D eigenvalue weighted by Crippen LogP contribution is 2.58. The highest BCUT2D eigenvalue weighted by molar-refractivity contribution is 14.1. The molecule has 5 rings (SSSR count). The van der Waals surface area contributed by atoms with Crippen LogP contribution in [0, 0.1) is 35.0 Å². The van der Waals surface area contributed by atoms with Gasteiger partial charge >= 0.3 is 6.18 Å². The number of halogens is 5. The molecule has 244 valence electrons. The molecule has 0 aromatic rings. The van der Waals surface area contributed by atoms with Gasteiger partial charge in [-0.15, -0.1) is 11.6 Å². The molecule has 1 saturated heterocycles. The third-order valence-electron chi connectivity index (χ3n) is 11.6. The molecule has 6 atom stereocenters. The van der Waals surface area contributed by atoms with Crippen molar-refractivity contribution in [2.75, 3.05) is 19.7 Å². The van der Waals surface area contributed by atoms with Crippen LogP contribution in [-0.4, -0.2) is 59.1 Å². The molecular formula is C33H49ClF3IN2O3. The van der Waals surface area contributed by atoms with Gasteiger partial charge in [-0.25, -0.2) is 0 Å². The Balaban J connectivity index is 1.65. The third-order valence-corrected chi connectivity index (χ3v) is 13.5. The Hall–Kier alpha value is -0.550. The number of hydrogen-bond acceptors (Lipinski definition) is 3. The van der Waals surface area contributed by atoms with E-state index in [0.29, 0.717) is 25.8 Å². The first-order valence-corrected chi connectivity index (χ1v) is 18.3. The smallest absolute Gasteiger partial charge is 0.396 e.